The van der Waals surface area contributed by atoms with Crippen molar-refractivity contribution >= 4 is 17.5 Å². The monoisotopic (exact) mass is 278 g/mol. The van der Waals surface area contributed by atoms with Gasteiger partial charge < -0.3 is 20.7 Å². The molecule has 0 unspecified atom stereocenters. The number of rotatable bonds is 4. The summed E-state index contributed by atoms with van der Waals surface area (Å²) in [5, 5.41) is 2.67. The van der Waals surface area contributed by atoms with Gasteiger partial charge in [-0.2, -0.15) is 0 Å². The van der Waals surface area contributed by atoms with Gasteiger partial charge in [-0.1, -0.05) is 0 Å². The average Bonchev–Trinajstić information content (AvgIpc) is 2.48. The molecule has 7 nitrogen and oxygen atoms in total. The molecule has 0 saturated carbocycles. The number of nitrogens with two attached hydrogens (primary N) is 1. The number of carbonyl (C=O) groups excluding carboxylic acids is 2. The second-order valence-electron chi connectivity index (χ2n) is 4.48. The lowest BCUT2D eigenvalue weighted by molar-refractivity contribution is -0.135. The number of carbonyl (C=O) groups is 2. The first-order valence-electron chi connectivity index (χ1n) is 6.52. The number of pyridine rings is 1. The quantitative estimate of drug-likeness (QED) is 0.784. The van der Waals surface area contributed by atoms with Crippen molar-refractivity contribution in [3.05, 3.63) is 24.0 Å². The summed E-state index contributed by atoms with van der Waals surface area (Å²) >= 11 is 0. The van der Waals surface area contributed by atoms with Gasteiger partial charge in [0.05, 0.1) is 25.1 Å². The lowest BCUT2D eigenvalue weighted by Crippen LogP contribution is -2.42. The van der Waals surface area contributed by atoms with E-state index in [0.29, 0.717) is 38.5 Å². The highest BCUT2D eigenvalue weighted by Crippen LogP contribution is 2.02. The van der Waals surface area contributed by atoms with Gasteiger partial charge in [0.15, 0.2) is 0 Å². The van der Waals surface area contributed by atoms with Crippen LogP contribution in [-0.4, -0.2) is 54.5 Å². The van der Waals surface area contributed by atoms with E-state index in [9.17, 15) is 9.59 Å². The number of anilines is 1. The zero-order chi connectivity index (χ0) is 14.4. The van der Waals surface area contributed by atoms with Gasteiger partial charge in [-0.3, -0.25) is 9.59 Å². The molecule has 1 aromatic heterocycles. The van der Waals surface area contributed by atoms with E-state index in [-0.39, 0.29) is 23.9 Å². The van der Waals surface area contributed by atoms with E-state index in [0.717, 1.165) is 0 Å². The molecule has 1 aromatic rings. The number of nitrogen functional groups attached to an aromatic ring is 1. The molecule has 1 fully saturated rings. The molecule has 20 heavy (non-hydrogen) atoms. The van der Waals surface area contributed by atoms with Gasteiger partial charge in [-0.05, 0) is 12.1 Å². The third-order valence-electron chi connectivity index (χ3n) is 3.01. The van der Waals surface area contributed by atoms with Crippen LogP contribution in [0.4, 0.5) is 5.69 Å². The summed E-state index contributed by atoms with van der Waals surface area (Å²) in [4.78, 5) is 29.3. The first-order chi connectivity index (χ1) is 9.66. The Bertz CT molecular complexity index is 469. The minimum Gasteiger partial charge on any atom is -0.397 e. The van der Waals surface area contributed by atoms with Crippen LogP contribution in [0.1, 0.15) is 16.9 Å². The van der Waals surface area contributed by atoms with Crippen molar-refractivity contribution in [3.63, 3.8) is 0 Å². The molecular formula is C13H18N4O3. The van der Waals surface area contributed by atoms with Crippen LogP contribution in [0.3, 0.4) is 0 Å². The van der Waals surface area contributed by atoms with Crippen LogP contribution in [0.25, 0.3) is 0 Å². The van der Waals surface area contributed by atoms with Crippen LogP contribution < -0.4 is 11.1 Å². The van der Waals surface area contributed by atoms with Crippen LogP contribution in [0.5, 0.6) is 0 Å². The van der Waals surface area contributed by atoms with Crippen LogP contribution in [0.2, 0.25) is 0 Å². The molecule has 0 bridgehead atoms. The Hall–Kier alpha value is -2.15. The third-order valence-corrected chi connectivity index (χ3v) is 3.01. The number of aromatic nitrogens is 1. The van der Waals surface area contributed by atoms with E-state index in [1.54, 1.807) is 17.0 Å². The molecule has 0 radical (unpaired) electrons. The number of morpholine rings is 1. The van der Waals surface area contributed by atoms with Crippen LogP contribution >= 0.6 is 0 Å². The van der Waals surface area contributed by atoms with Gasteiger partial charge in [0.1, 0.15) is 5.69 Å². The molecule has 108 valence electrons. The van der Waals surface area contributed by atoms with Crippen molar-refractivity contribution in [1.29, 1.82) is 0 Å². The molecule has 1 aliphatic heterocycles. The fourth-order valence-electron chi connectivity index (χ4n) is 1.88. The number of hydrogen-bond donors (Lipinski definition) is 2. The summed E-state index contributed by atoms with van der Waals surface area (Å²) in [5.74, 6) is -0.279. The predicted octanol–water partition coefficient (Wildman–Crippen LogP) is -0.358. The largest absolute Gasteiger partial charge is 0.397 e. The fraction of sp³-hybridized carbons (Fsp3) is 0.462. The highest BCUT2D eigenvalue weighted by atomic mass is 16.5. The number of hydrogen-bond acceptors (Lipinski definition) is 5. The Morgan fingerprint density at radius 3 is 2.75 bits per heavy atom. The van der Waals surface area contributed by atoms with Crippen LogP contribution in [-0.2, 0) is 9.53 Å². The molecular weight excluding hydrogens is 260 g/mol. The standard InChI is InChI=1S/C13H18N4O3/c14-10-1-2-11(16-9-10)13(19)15-4-3-12(18)17-5-7-20-8-6-17/h1-2,9H,3-8,14H2,(H,15,19). The normalized spacial score (nSPS) is 14.9. The molecule has 0 aliphatic carbocycles. The summed E-state index contributed by atoms with van der Waals surface area (Å²) in [6.07, 6.45) is 1.70. The van der Waals surface area contributed by atoms with Crippen molar-refractivity contribution in [3.8, 4) is 0 Å². The predicted molar refractivity (Wildman–Crippen MR) is 73.0 cm³/mol. The first-order valence-corrected chi connectivity index (χ1v) is 6.52. The van der Waals surface area contributed by atoms with E-state index in [1.807, 2.05) is 0 Å². The molecule has 0 spiro atoms. The maximum atomic E-state index is 11.8. The third kappa shape index (κ3) is 3.92. The first kappa shape index (κ1) is 14.3. The lowest BCUT2D eigenvalue weighted by atomic mass is 10.3. The molecule has 1 saturated heterocycles. The van der Waals surface area contributed by atoms with Gasteiger partial charge in [-0.25, -0.2) is 4.98 Å². The van der Waals surface area contributed by atoms with Gasteiger partial charge in [-0.15, -0.1) is 0 Å². The maximum Gasteiger partial charge on any atom is 0.269 e. The Morgan fingerprint density at radius 2 is 2.10 bits per heavy atom. The van der Waals surface area contributed by atoms with Crippen molar-refractivity contribution in [2.24, 2.45) is 0 Å². The fourth-order valence-corrected chi connectivity index (χ4v) is 1.88. The second-order valence-corrected chi connectivity index (χ2v) is 4.48. The summed E-state index contributed by atoms with van der Waals surface area (Å²) in [5.41, 5.74) is 6.29. The minimum absolute atomic E-state index is 0.0267. The molecule has 0 atom stereocenters. The zero-order valence-corrected chi connectivity index (χ0v) is 11.2. The maximum absolute atomic E-state index is 11.8. The van der Waals surface area contributed by atoms with Crippen LogP contribution in [0.15, 0.2) is 18.3 Å². The topological polar surface area (TPSA) is 97.5 Å². The van der Waals surface area contributed by atoms with Crippen molar-refractivity contribution in [2.45, 2.75) is 6.42 Å². The molecule has 7 heteroatoms. The highest BCUT2D eigenvalue weighted by molar-refractivity contribution is 5.92. The molecule has 2 amide bonds. The van der Waals surface area contributed by atoms with Crippen molar-refractivity contribution in [2.75, 3.05) is 38.6 Å². The zero-order valence-electron chi connectivity index (χ0n) is 11.2. The highest BCUT2D eigenvalue weighted by Gasteiger charge is 2.16. The SMILES string of the molecule is Nc1ccc(C(=O)NCCC(=O)N2CCOCC2)nc1. The Morgan fingerprint density at radius 1 is 1.35 bits per heavy atom. The minimum atomic E-state index is -0.306. The summed E-state index contributed by atoms with van der Waals surface area (Å²) in [6.45, 7) is 2.68. The molecule has 0 aromatic carbocycles. The summed E-state index contributed by atoms with van der Waals surface area (Å²) < 4.78 is 5.18. The van der Waals surface area contributed by atoms with Gasteiger partial charge >= 0.3 is 0 Å². The smallest absolute Gasteiger partial charge is 0.269 e. The molecule has 2 heterocycles. The Labute approximate surface area is 117 Å². The summed E-state index contributed by atoms with van der Waals surface area (Å²) in [7, 11) is 0. The van der Waals surface area contributed by atoms with E-state index < -0.39 is 0 Å². The summed E-state index contributed by atoms with van der Waals surface area (Å²) in [6, 6.07) is 3.16. The number of ether oxygens (including phenoxy) is 1. The second kappa shape index (κ2) is 6.85. The average molecular weight is 278 g/mol. The molecule has 1 aliphatic rings. The van der Waals surface area contributed by atoms with Crippen molar-refractivity contribution in [1.82, 2.24) is 15.2 Å². The number of amides is 2. The van der Waals surface area contributed by atoms with E-state index in [4.69, 9.17) is 10.5 Å². The molecule has 2 rings (SSSR count). The van der Waals surface area contributed by atoms with E-state index in [2.05, 4.69) is 10.3 Å². The van der Waals surface area contributed by atoms with Crippen LogP contribution in [0, 0.1) is 0 Å². The van der Waals surface area contributed by atoms with Gasteiger partial charge in [0.25, 0.3) is 5.91 Å². The Kier molecular flexibility index (Phi) is 4.89. The lowest BCUT2D eigenvalue weighted by Gasteiger charge is -2.26. The van der Waals surface area contributed by atoms with E-state index in [1.165, 1.54) is 6.20 Å². The number of nitrogens with zero attached hydrogens (tertiary/aromatic N) is 2. The van der Waals surface area contributed by atoms with Crippen molar-refractivity contribution < 1.29 is 14.3 Å². The van der Waals surface area contributed by atoms with Gasteiger partial charge in [0.2, 0.25) is 5.91 Å². The molecule has 3 N–H and O–H groups in total. The number of nitrogens with one attached hydrogen (secondary N) is 1. The Balaban J connectivity index is 1.73. The van der Waals surface area contributed by atoms with E-state index >= 15 is 0 Å². The van der Waals surface area contributed by atoms with Gasteiger partial charge in [0, 0.05) is 26.1 Å².